The summed E-state index contributed by atoms with van der Waals surface area (Å²) in [6.07, 6.45) is 0. The Bertz CT molecular complexity index is 546. The fourth-order valence-corrected chi connectivity index (χ4v) is 1.71. The highest BCUT2D eigenvalue weighted by Crippen LogP contribution is 2.18. The number of carbonyl (C=O) groups excluding carboxylic acids is 2. The molecule has 1 aliphatic rings. The number of carbonyl (C=O) groups is 2. The smallest absolute Gasteiger partial charge is 0.249 e. The Morgan fingerprint density at radius 1 is 1.35 bits per heavy atom. The summed E-state index contributed by atoms with van der Waals surface area (Å²) in [6, 6.07) is -0.560. The minimum Gasteiger partial charge on any atom is -0.347 e. The Labute approximate surface area is 115 Å². The molecule has 108 valence electrons. The van der Waals surface area contributed by atoms with Crippen molar-refractivity contribution in [2.24, 2.45) is 5.84 Å². The molecule has 2 heterocycles. The molecule has 10 heteroatoms. The third-order valence-corrected chi connectivity index (χ3v) is 2.82. The molecule has 4 N–H and O–H groups in total. The highest BCUT2D eigenvalue weighted by Gasteiger charge is 2.32. The summed E-state index contributed by atoms with van der Waals surface area (Å²) in [5.74, 6) is 5.27. The Kier molecular flexibility index (Phi) is 3.66. The van der Waals surface area contributed by atoms with Crippen LogP contribution in [0.25, 0.3) is 0 Å². The van der Waals surface area contributed by atoms with E-state index in [4.69, 9.17) is 5.84 Å². The standard InChI is InChI=1S/C10H16N8O2/c1-5-7(20)12-6(19)4-18(5)10-14-8(16-11)13-9(15-10)17(2)3/h5H,4,11H2,1-3H3,(H,12,19,20)(H,13,14,15,16). The van der Waals surface area contributed by atoms with E-state index in [0.717, 1.165) is 0 Å². The van der Waals surface area contributed by atoms with Crippen LogP contribution in [0.2, 0.25) is 0 Å². The van der Waals surface area contributed by atoms with Crippen LogP contribution in [-0.2, 0) is 9.59 Å². The molecular formula is C10H16N8O2. The van der Waals surface area contributed by atoms with Crippen LogP contribution in [0.5, 0.6) is 0 Å². The predicted molar refractivity (Wildman–Crippen MR) is 71.9 cm³/mol. The van der Waals surface area contributed by atoms with Gasteiger partial charge in [-0.3, -0.25) is 20.3 Å². The summed E-state index contributed by atoms with van der Waals surface area (Å²) >= 11 is 0. The molecular weight excluding hydrogens is 264 g/mol. The lowest BCUT2D eigenvalue weighted by molar-refractivity contribution is -0.132. The maximum atomic E-state index is 11.7. The first-order chi connectivity index (χ1) is 9.42. The summed E-state index contributed by atoms with van der Waals surface area (Å²) in [5.41, 5.74) is 2.34. The number of piperazine rings is 1. The van der Waals surface area contributed by atoms with Crippen LogP contribution in [0.15, 0.2) is 0 Å². The predicted octanol–water partition coefficient (Wildman–Crippen LogP) is -1.93. The number of nitrogen functional groups attached to an aromatic ring is 1. The van der Waals surface area contributed by atoms with Gasteiger partial charge in [-0.1, -0.05) is 0 Å². The number of nitrogens with zero attached hydrogens (tertiary/aromatic N) is 5. The first-order valence-electron chi connectivity index (χ1n) is 5.92. The number of hydrogen-bond donors (Lipinski definition) is 3. The monoisotopic (exact) mass is 280 g/mol. The fraction of sp³-hybridized carbons (Fsp3) is 0.500. The zero-order valence-electron chi connectivity index (χ0n) is 11.4. The van der Waals surface area contributed by atoms with Crippen molar-refractivity contribution in [2.75, 3.05) is 35.9 Å². The van der Waals surface area contributed by atoms with Crippen LogP contribution in [0.3, 0.4) is 0 Å². The van der Waals surface area contributed by atoms with Crippen LogP contribution in [-0.4, -0.2) is 53.4 Å². The van der Waals surface area contributed by atoms with Crippen molar-refractivity contribution in [3.63, 3.8) is 0 Å². The average molecular weight is 280 g/mol. The van der Waals surface area contributed by atoms with Crippen LogP contribution in [0.4, 0.5) is 17.8 Å². The van der Waals surface area contributed by atoms with E-state index in [-0.39, 0.29) is 18.4 Å². The van der Waals surface area contributed by atoms with Crippen LogP contribution < -0.4 is 26.4 Å². The quantitative estimate of drug-likeness (QED) is 0.329. The first kappa shape index (κ1) is 13.9. The van der Waals surface area contributed by atoms with Crippen molar-refractivity contribution in [3.05, 3.63) is 0 Å². The Balaban J connectivity index is 2.42. The van der Waals surface area contributed by atoms with E-state index >= 15 is 0 Å². The van der Waals surface area contributed by atoms with E-state index in [1.54, 1.807) is 25.9 Å². The number of amides is 2. The van der Waals surface area contributed by atoms with Crippen molar-refractivity contribution < 1.29 is 9.59 Å². The Morgan fingerprint density at radius 2 is 2.05 bits per heavy atom. The lowest BCUT2D eigenvalue weighted by atomic mass is 10.2. The van der Waals surface area contributed by atoms with Crippen molar-refractivity contribution in [2.45, 2.75) is 13.0 Å². The third kappa shape index (κ3) is 2.59. The van der Waals surface area contributed by atoms with Gasteiger partial charge in [0.25, 0.3) is 0 Å². The van der Waals surface area contributed by atoms with E-state index in [9.17, 15) is 9.59 Å². The number of aromatic nitrogens is 3. The van der Waals surface area contributed by atoms with Gasteiger partial charge in [-0.25, -0.2) is 5.84 Å². The molecule has 1 aromatic heterocycles. The third-order valence-electron chi connectivity index (χ3n) is 2.82. The van der Waals surface area contributed by atoms with E-state index in [0.29, 0.717) is 5.95 Å². The second-order valence-electron chi connectivity index (χ2n) is 4.51. The van der Waals surface area contributed by atoms with Gasteiger partial charge in [-0.15, -0.1) is 0 Å². The molecule has 1 unspecified atom stereocenters. The molecule has 10 nitrogen and oxygen atoms in total. The highest BCUT2D eigenvalue weighted by atomic mass is 16.2. The lowest BCUT2D eigenvalue weighted by Crippen LogP contribution is -2.57. The number of nitrogens with one attached hydrogen (secondary N) is 2. The normalized spacial score (nSPS) is 18.8. The second-order valence-corrected chi connectivity index (χ2v) is 4.51. The highest BCUT2D eigenvalue weighted by molar-refractivity contribution is 6.04. The Hall–Kier alpha value is -2.49. The van der Waals surface area contributed by atoms with Gasteiger partial charge in [0, 0.05) is 14.1 Å². The molecule has 1 aliphatic heterocycles. The summed E-state index contributed by atoms with van der Waals surface area (Å²) in [6.45, 7) is 1.66. The average Bonchev–Trinajstić information content (AvgIpc) is 2.42. The molecule has 0 spiro atoms. The van der Waals surface area contributed by atoms with Crippen LogP contribution >= 0.6 is 0 Å². The largest absolute Gasteiger partial charge is 0.347 e. The van der Waals surface area contributed by atoms with Crippen molar-refractivity contribution >= 4 is 29.7 Å². The molecule has 1 atom stereocenters. The molecule has 0 aromatic carbocycles. The number of anilines is 3. The van der Waals surface area contributed by atoms with Crippen molar-refractivity contribution in [3.8, 4) is 0 Å². The minimum absolute atomic E-state index is 0.00615. The molecule has 0 saturated carbocycles. The van der Waals surface area contributed by atoms with Gasteiger partial charge in [0.2, 0.25) is 29.7 Å². The van der Waals surface area contributed by atoms with Gasteiger partial charge in [0.15, 0.2) is 0 Å². The minimum atomic E-state index is -0.560. The topological polar surface area (TPSA) is 129 Å². The molecule has 20 heavy (non-hydrogen) atoms. The molecule has 1 aromatic rings. The fourth-order valence-electron chi connectivity index (χ4n) is 1.71. The number of rotatable bonds is 3. The number of nitrogens with two attached hydrogens (primary N) is 1. The summed E-state index contributed by atoms with van der Waals surface area (Å²) in [4.78, 5) is 38.7. The van der Waals surface area contributed by atoms with Crippen LogP contribution in [0, 0.1) is 0 Å². The molecule has 2 rings (SSSR count). The number of imide groups is 1. The maximum absolute atomic E-state index is 11.7. The first-order valence-corrected chi connectivity index (χ1v) is 5.92. The van der Waals surface area contributed by atoms with Crippen molar-refractivity contribution in [1.82, 2.24) is 20.3 Å². The van der Waals surface area contributed by atoms with Gasteiger partial charge in [-0.2, -0.15) is 15.0 Å². The van der Waals surface area contributed by atoms with Crippen molar-refractivity contribution in [1.29, 1.82) is 0 Å². The lowest BCUT2D eigenvalue weighted by Gasteiger charge is -2.31. The molecule has 0 radical (unpaired) electrons. The Morgan fingerprint density at radius 3 is 2.65 bits per heavy atom. The maximum Gasteiger partial charge on any atom is 0.249 e. The summed E-state index contributed by atoms with van der Waals surface area (Å²) < 4.78 is 0. The van der Waals surface area contributed by atoms with Gasteiger partial charge < -0.3 is 9.80 Å². The number of hydrazine groups is 1. The SMILES string of the molecule is CC1C(=O)NC(=O)CN1c1nc(NN)nc(N(C)C)n1. The zero-order valence-corrected chi connectivity index (χ0v) is 11.4. The second kappa shape index (κ2) is 5.25. The molecule has 0 aliphatic carbocycles. The van der Waals surface area contributed by atoms with E-state index in [1.807, 2.05) is 0 Å². The van der Waals surface area contributed by atoms with Gasteiger partial charge in [-0.05, 0) is 6.92 Å². The van der Waals surface area contributed by atoms with Gasteiger partial charge >= 0.3 is 0 Å². The summed E-state index contributed by atoms with van der Waals surface area (Å²) in [7, 11) is 3.52. The number of hydrogen-bond acceptors (Lipinski definition) is 9. The molecule has 0 bridgehead atoms. The van der Waals surface area contributed by atoms with Crippen LogP contribution in [0.1, 0.15) is 6.92 Å². The summed E-state index contributed by atoms with van der Waals surface area (Å²) in [5, 5.41) is 2.25. The van der Waals surface area contributed by atoms with Gasteiger partial charge in [0.05, 0.1) is 0 Å². The van der Waals surface area contributed by atoms with E-state index in [2.05, 4.69) is 25.7 Å². The zero-order chi connectivity index (χ0) is 14.9. The molecule has 1 fully saturated rings. The van der Waals surface area contributed by atoms with E-state index < -0.39 is 17.9 Å². The van der Waals surface area contributed by atoms with E-state index in [1.165, 1.54) is 4.90 Å². The molecule has 2 amide bonds. The van der Waals surface area contributed by atoms with Gasteiger partial charge in [0.1, 0.15) is 12.6 Å². The molecule has 1 saturated heterocycles.